The highest BCUT2D eigenvalue weighted by Gasteiger charge is 2.56. The van der Waals surface area contributed by atoms with Crippen molar-refractivity contribution < 1.29 is 57.9 Å². The van der Waals surface area contributed by atoms with E-state index in [1.54, 1.807) is 0 Å². The van der Waals surface area contributed by atoms with Gasteiger partial charge in [0.1, 0.15) is 6.04 Å². The monoisotopic (exact) mass is 973 g/mol. The topological polar surface area (TPSA) is 209 Å². The number of hydrogen-bond acceptors (Lipinski definition) is 15. The molecule has 12 unspecified atom stereocenters. The molecule has 0 aromatic heterocycles. The summed E-state index contributed by atoms with van der Waals surface area (Å²) in [5.41, 5.74) is 0. The number of nitrogens with zero attached hydrogens (tertiary/aromatic N) is 4. The number of likely N-dealkylation sites (tertiary alicyclic amines) is 2. The number of aliphatic hydroxyl groups excluding tert-OH is 2. The first-order chi connectivity index (χ1) is 33.5. The highest BCUT2D eigenvalue weighted by molar-refractivity contribution is 6.11. The van der Waals surface area contributed by atoms with Crippen LogP contribution in [0, 0.1) is 47.3 Å². The second-order valence-electron chi connectivity index (χ2n) is 21.7. The Bertz CT molecular complexity index is 1700. The van der Waals surface area contributed by atoms with Gasteiger partial charge in [-0.3, -0.25) is 39.1 Å². The number of carbonyl (C=O) groups excluding carboxylic acids is 5. The van der Waals surface area contributed by atoms with Crippen molar-refractivity contribution in [3.8, 4) is 0 Å². The first-order valence-electron chi connectivity index (χ1n) is 27.0. The van der Waals surface area contributed by atoms with Crippen molar-refractivity contribution in [3.05, 3.63) is 0 Å². The Morgan fingerprint density at radius 2 is 1.38 bits per heavy atom. The van der Waals surface area contributed by atoms with Crippen LogP contribution in [0.1, 0.15) is 96.8 Å². The molecule has 18 nitrogen and oxygen atoms in total. The minimum atomic E-state index is -0.908. The fourth-order valence-corrected chi connectivity index (χ4v) is 13.2. The van der Waals surface area contributed by atoms with E-state index in [0.29, 0.717) is 96.1 Å². The van der Waals surface area contributed by atoms with E-state index in [2.05, 4.69) is 20.4 Å². The minimum Gasteiger partial charge on any atom is -0.393 e. The van der Waals surface area contributed by atoms with Gasteiger partial charge in [-0.15, -0.1) is 0 Å². The molecule has 5 amide bonds. The number of piperidine rings is 1. The van der Waals surface area contributed by atoms with E-state index in [4.69, 9.17) is 23.7 Å². The zero-order valence-electron chi connectivity index (χ0n) is 41.4. The third-order valence-corrected chi connectivity index (χ3v) is 17.2. The summed E-state index contributed by atoms with van der Waals surface area (Å²) < 4.78 is 29.4. The molecule has 4 saturated carbocycles. The maximum absolute atomic E-state index is 14.2. The quantitative estimate of drug-likeness (QED) is 0.0844. The van der Waals surface area contributed by atoms with Gasteiger partial charge in [0.25, 0.3) is 0 Å². The highest BCUT2D eigenvalue weighted by Crippen LogP contribution is 2.43. The first kappa shape index (κ1) is 52.7. The maximum Gasteiger partial charge on any atom is 0.249 e. The van der Waals surface area contributed by atoms with Crippen LogP contribution < -0.4 is 10.6 Å². The van der Waals surface area contributed by atoms with Crippen molar-refractivity contribution in [2.45, 2.75) is 127 Å². The minimum absolute atomic E-state index is 0.0332. The van der Waals surface area contributed by atoms with Crippen LogP contribution in [0.4, 0.5) is 0 Å². The summed E-state index contributed by atoms with van der Waals surface area (Å²) in [6.45, 7) is 14.9. The van der Waals surface area contributed by atoms with E-state index in [-0.39, 0.29) is 54.9 Å². The largest absolute Gasteiger partial charge is 0.393 e. The summed E-state index contributed by atoms with van der Waals surface area (Å²) in [5, 5.41) is 27.6. The van der Waals surface area contributed by atoms with Crippen molar-refractivity contribution in [2.75, 3.05) is 118 Å². The maximum atomic E-state index is 14.2. The lowest BCUT2D eigenvalue weighted by molar-refractivity contribution is -0.169. The number of fused-ring (bicyclic) bond motifs is 2. The smallest absolute Gasteiger partial charge is 0.249 e. The van der Waals surface area contributed by atoms with Gasteiger partial charge in [-0.2, -0.15) is 0 Å². The van der Waals surface area contributed by atoms with Gasteiger partial charge in [0, 0.05) is 90.3 Å². The summed E-state index contributed by atoms with van der Waals surface area (Å²) in [6.07, 6.45) is 10.4. The Hall–Kier alpha value is -2.65. The highest BCUT2D eigenvalue weighted by atomic mass is 16.6. The van der Waals surface area contributed by atoms with Gasteiger partial charge in [-0.05, 0) is 75.0 Å². The lowest BCUT2D eigenvalue weighted by Crippen LogP contribution is -2.55. The molecule has 4 aliphatic heterocycles. The summed E-state index contributed by atoms with van der Waals surface area (Å²) in [6, 6.07) is -1.07. The fraction of sp³-hybridized carbons (Fsp3) is 0.902. The zero-order chi connectivity index (χ0) is 48.3. The fourth-order valence-electron chi connectivity index (χ4n) is 13.2. The van der Waals surface area contributed by atoms with Crippen LogP contribution in [0.2, 0.25) is 0 Å². The predicted molar refractivity (Wildman–Crippen MR) is 253 cm³/mol. The molecule has 8 fully saturated rings. The number of aliphatic hydroxyl groups is 2. The Morgan fingerprint density at radius 3 is 2.10 bits per heavy atom. The van der Waals surface area contributed by atoms with Crippen LogP contribution in [0.5, 0.6) is 0 Å². The van der Waals surface area contributed by atoms with E-state index in [1.807, 2.05) is 11.8 Å². The Balaban J connectivity index is 0.614. The molecule has 4 heterocycles. The Labute approximate surface area is 409 Å². The van der Waals surface area contributed by atoms with Gasteiger partial charge in [0.15, 0.2) is 0 Å². The molecule has 0 radical (unpaired) electrons. The average molecular weight is 973 g/mol. The SMILES string of the molecule is CC1C(O)CC(O)C(C(=O)N2CC3CCC(CN4CCN(CCOCCOCCOCCOCCNC5CCCC6C(=O)N(C7CCC(=O)NC7=O)C(=O)C56)CC4)CC3C2)C1OCC1CCCCC1. The van der Waals surface area contributed by atoms with E-state index >= 15 is 0 Å². The second-order valence-corrected chi connectivity index (χ2v) is 21.7. The predicted octanol–water partition coefficient (Wildman–Crippen LogP) is 1.44. The zero-order valence-corrected chi connectivity index (χ0v) is 41.4. The molecule has 8 rings (SSSR count). The number of piperazine rings is 1. The Morgan fingerprint density at radius 1 is 0.696 bits per heavy atom. The number of hydrogen-bond donors (Lipinski definition) is 4. The molecule has 8 aliphatic rings. The van der Waals surface area contributed by atoms with Crippen LogP contribution in [0.3, 0.4) is 0 Å². The lowest BCUT2D eigenvalue weighted by Gasteiger charge is -2.43. The van der Waals surface area contributed by atoms with Gasteiger partial charge in [0.2, 0.25) is 29.5 Å². The first-order valence-corrected chi connectivity index (χ1v) is 27.0. The number of carbonyl (C=O) groups is 5. The van der Waals surface area contributed by atoms with Crippen molar-refractivity contribution in [1.82, 2.24) is 30.2 Å². The van der Waals surface area contributed by atoms with Gasteiger partial charge >= 0.3 is 0 Å². The molecular formula is C51H84N6O12. The summed E-state index contributed by atoms with van der Waals surface area (Å²) >= 11 is 0. The van der Waals surface area contributed by atoms with E-state index in [0.717, 1.165) is 95.8 Å². The molecule has 69 heavy (non-hydrogen) atoms. The standard InChI is InChI=1S/C51H84N6O12/c1-34-42(58)29-43(59)46(47(34)69-33-35-6-3-2-4-7-35)50(63)56-31-37-11-10-36(28-38(37)32-56)30-55-17-15-54(16-18-55)19-21-66-23-25-68-27-26-67-24-22-65-20-14-52-40-9-5-8-39-45(40)51(64)57(49(39)62)41-12-13-44(60)53-48(41)61/h34-43,45-47,52,58-59H,2-33H2,1H3,(H,53,60,61). The number of amides is 5. The summed E-state index contributed by atoms with van der Waals surface area (Å²) in [4.78, 5) is 73.0. The molecule has 4 saturated heterocycles. The molecule has 4 aliphatic carbocycles. The van der Waals surface area contributed by atoms with Gasteiger partial charge < -0.3 is 49.0 Å². The molecular weight excluding hydrogens is 889 g/mol. The van der Waals surface area contributed by atoms with E-state index < -0.39 is 48.0 Å². The van der Waals surface area contributed by atoms with Crippen molar-refractivity contribution in [3.63, 3.8) is 0 Å². The van der Waals surface area contributed by atoms with Crippen LogP contribution in [-0.2, 0) is 47.7 Å². The van der Waals surface area contributed by atoms with Crippen molar-refractivity contribution in [1.29, 1.82) is 0 Å². The molecule has 0 spiro atoms. The van der Waals surface area contributed by atoms with Crippen LogP contribution >= 0.6 is 0 Å². The Kier molecular flexibility index (Phi) is 19.7. The summed E-state index contributed by atoms with van der Waals surface area (Å²) in [7, 11) is 0. The molecule has 0 aromatic carbocycles. The van der Waals surface area contributed by atoms with Crippen LogP contribution in [0.25, 0.3) is 0 Å². The van der Waals surface area contributed by atoms with Crippen molar-refractivity contribution in [2.24, 2.45) is 47.3 Å². The molecule has 18 heteroatoms. The number of imide groups is 2. The molecule has 0 bridgehead atoms. The van der Waals surface area contributed by atoms with Crippen molar-refractivity contribution >= 4 is 29.5 Å². The van der Waals surface area contributed by atoms with Crippen LogP contribution in [-0.4, -0.2) is 208 Å². The number of ether oxygens (including phenoxy) is 5. The molecule has 390 valence electrons. The molecule has 0 aromatic rings. The van der Waals surface area contributed by atoms with Crippen LogP contribution in [0.15, 0.2) is 0 Å². The molecule has 4 N–H and O–H groups in total. The third kappa shape index (κ3) is 13.7. The van der Waals surface area contributed by atoms with Gasteiger partial charge in [0.05, 0.1) is 88.9 Å². The summed E-state index contributed by atoms with van der Waals surface area (Å²) in [5.74, 6) is -1.04. The number of rotatable bonds is 23. The van der Waals surface area contributed by atoms with Gasteiger partial charge in [-0.25, -0.2) is 0 Å². The second kappa shape index (κ2) is 25.8. The van der Waals surface area contributed by atoms with E-state index in [9.17, 15) is 34.2 Å². The number of nitrogens with one attached hydrogen (secondary N) is 2. The lowest BCUT2D eigenvalue weighted by atomic mass is 9.75. The van der Waals surface area contributed by atoms with Gasteiger partial charge in [-0.1, -0.05) is 32.6 Å². The third-order valence-electron chi connectivity index (χ3n) is 17.2. The van der Waals surface area contributed by atoms with E-state index in [1.165, 1.54) is 25.7 Å². The normalized spacial score (nSPS) is 35.1. The molecule has 12 atom stereocenters. The average Bonchev–Trinajstić information content (AvgIpc) is 3.89.